The number of sulfonamides is 1. The standard InChI is InChI=1S/C15H9Cl6NO3S/c1-7(15(21)23)22(14-6-12(19)11(18)5-13(14)20)26(24,25)8-2-3-9(16)10(17)4-8/h2-7H,1H3. The number of halogens is 6. The summed E-state index contributed by atoms with van der Waals surface area (Å²) in [6.07, 6.45) is 0. The minimum Gasteiger partial charge on any atom is -0.279 e. The van der Waals surface area contributed by atoms with Crippen molar-refractivity contribution in [2.75, 3.05) is 4.31 Å². The van der Waals surface area contributed by atoms with Gasteiger partial charge < -0.3 is 0 Å². The van der Waals surface area contributed by atoms with Crippen molar-refractivity contribution >= 4 is 90.6 Å². The molecule has 0 fully saturated rings. The Morgan fingerprint density at radius 3 is 1.96 bits per heavy atom. The predicted molar refractivity (Wildman–Crippen MR) is 108 cm³/mol. The van der Waals surface area contributed by atoms with Crippen LogP contribution in [0.5, 0.6) is 0 Å². The van der Waals surface area contributed by atoms with Crippen LogP contribution in [0.4, 0.5) is 5.69 Å². The fraction of sp³-hybridized carbons (Fsp3) is 0.133. The number of nitrogens with zero attached hydrogens (tertiary/aromatic N) is 1. The number of benzene rings is 2. The van der Waals surface area contributed by atoms with Crippen molar-refractivity contribution in [2.24, 2.45) is 0 Å². The van der Waals surface area contributed by atoms with Gasteiger partial charge in [-0.15, -0.1) is 0 Å². The summed E-state index contributed by atoms with van der Waals surface area (Å²) in [5.41, 5.74) is -0.0614. The van der Waals surface area contributed by atoms with Crippen LogP contribution < -0.4 is 4.31 Å². The Bertz CT molecular complexity index is 980. The molecule has 0 aliphatic carbocycles. The smallest absolute Gasteiger partial charge is 0.265 e. The van der Waals surface area contributed by atoms with Crippen LogP contribution in [-0.2, 0) is 14.8 Å². The van der Waals surface area contributed by atoms with Gasteiger partial charge in [0.15, 0.2) is 0 Å². The summed E-state index contributed by atoms with van der Waals surface area (Å²) in [6.45, 7) is 1.31. The first-order chi connectivity index (χ1) is 12.0. The molecule has 140 valence electrons. The molecule has 0 amide bonds. The first kappa shape index (κ1) is 21.9. The van der Waals surface area contributed by atoms with Crippen LogP contribution in [0.15, 0.2) is 35.2 Å². The van der Waals surface area contributed by atoms with E-state index in [0.717, 1.165) is 10.4 Å². The third-order valence-electron chi connectivity index (χ3n) is 3.36. The molecule has 0 spiro atoms. The summed E-state index contributed by atoms with van der Waals surface area (Å²) < 4.78 is 27.1. The predicted octanol–water partition coefficient (Wildman–Crippen LogP) is 6.30. The zero-order valence-electron chi connectivity index (χ0n) is 12.8. The minimum absolute atomic E-state index is 0.0257. The van der Waals surface area contributed by atoms with Gasteiger partial charge in [-0.25, -0.2) is 8.42 Å². The summed E-state index contributed by atoms with van der Waals surface area (Å²) in [4.78, 5) is 11.5. The van der Waals surface area contributed by atoms with Gasteiger partial charge in [0.05, 0.1) is 35.7 Å². The Balaban J connectivity index is 2.75. The Kier molecular flexibility index (Phi) is 7.00. The molecule has 0 radical (unpaired) electrons. The van der Waals surface area contributed by atoms with Crippen LogP contribution in [0.25, 0.3) is 0 Å². The maximum atomic E-state index is 13.2. The van der Waals surface area contributed by atoms with E-state index >= 15 is 0 Å². The largest absolute Gasteiger partial charge is 0.279 e. The van der Waals surface area contributed by atoms with E-state index in [2.05, 4.69) is 0 Å². The molecule has 0 aliphatic rings. The second-order valence-electron chi connectivity index (χ2n) is 5.07. The van der Waals surface area contributed by atoms with Crippen molar-refractivity contribution in [3.05, 3.63) is 55.4 Å². The van der Waals surface area contributed by atoms with E-state index < -0.39 is 21.3 Å². The van der Waals surface area contributed by atoms with Crippen LogP contribution in [-0.4, -0.2) is 19.7 Å². The summed E-state index contributed by atoms with van der Waals surface area (Å²) in [6, 6.07) is 4.93. The normalized spacial score (nSPS) is 12.7. The fourth-order valence-electron chi connectivity index (χ4n) is 2.07. The summed E-state index contributed by atoms with van der Waals surface area (Å²) in [7, 11) is -4.29. The summed E-state index contributed by atoms with van der Waals surface area (Å²) in [5, 5.41) is -0.584. The quantitative estimate of drug-likeness (QED) is 0.361. The van der Waals surface area contributed by atoms with E-state index in [0.29, 0.717) is 0 Å². The number of rotatable bonds is 5. The van der Waals surface area contributed by atoms with E-state index in [1.807, 2.05) is 0 Å². The van der Waals surface area contributed by atoms with Crippen molar-refractivity contribution in [1.82, 2.24) is 0 Å². The van der Waals surface area contributed by atoms with Crippen molar-refractivity contribution in [3.63, 3.8) is 0 Å². The Labute approximate surface area is 180 Å². The van der Waals surface area contributed by atoms with Crippen molar-refractivity contribution in [1.29, 1.82) is 0 Å². The topological polar surface area (TPSA) is 54.5 Å². The lowest BCUT2D eigenvalue weighted by Crippen LogP contribution is -2.42. The zero-order valence-corrected chi connectivity index (χ0v) is 18.2. The van der Waals surface area contributed by atoms with Gasteiger partial charge in [0.1, 0.15) is 6.04 Å². The molecule has 0 saturated carbocycles. The van der Waals surface area contributed by atoms with E-state index in [-0.39, 0.29) is 35.7 Å². The second kappa shape index (κ2) is 8.31. The number of anilines is 1. The lowest BCUT2D eigenvalue weighted by molar-refractivity contribution is -0.112. The highest BCUT2D eigenvalue weighted by atomic mass is 35.5. The molecule has 2 rings (SSSR count). The van der Waals surface area contributed by atoms with Crippen LogP contribution in [0, 0.1) is 0 Å². The molecule has 1 atom stereocenters. The number of carbonyl (C=O) groups excluding carboxylic acids is 1. The third kappa shape index (κ3) is 4.36. The molecule has 0 saturated heterocycles. The lowest BCUT2D eigenvalue weighted by atomic mass is 10.2. The highest BCUT2D eigenvalue weighted by Crippen LogP contribution is 2.39. The fourth-order valence-corrected chi connectivity index (χ4v) is 4.93. The molecule has 0 bridgehead atoms. The van der Waals surface area contributed by atoms with Gasteiger partial charge in [-0.3, -0.25) is 9.10 Å². The third-order valence-corrected chi connectivity index (χ3v) is 7.32. The minimum atomic E-state index is -4.29. The van der Waals surface area contributed by atoms with Gasteiger partial charge in [-0.2, -0.15) is 0 Å². The van der Waals surface area contributed by atoms with Crippen molar-refractivity contribution in [2.45, 2.75) is 17.9 Å². The molecule has 1 unspecified atom stereocenters. The van der Waals surface area contributed by atoms with Gasteiger partial charge in [0, 0.05) is 0 Å². The molecule has 0 aromatic heterocycles. The van der Waals surface area contributed by atoms with Gasteiger partial charge in [0.2, 0.25) is 5.24 Å². The van der Waals surface area contributed by atoms with Gasteiger partial charge in [-0.05, 0) is 48.9 Å². The van der Waals surface area contributed by atoms with E-state index in [9.17, 15) is 13.2 Å². The number of hydrogen-bond donors (Lipinski definition) is 0. The monoisotopic (exact) mass is 493 g/mol. The molecule has 2 aromatic rings. The summed E-state index contributed by atoms with van der Waals surface area (Å²) >= 11 is 35.3. The van der Waals surface area contributed by atoms with Crippen LogP contribution in [0.2, 0.25) is 25.1 Å². The first-order valence-corrected chi connectivity index (χ1v) is 10.5. The summed E-state index contributed by atoms with van der Waals surface area (Å²) in [5.74, 6) is 0. The van der Waals surface area contributed by atoms with Crippen LogP contribution in [0.3, 0.4) is 0 Å². The second-order valence-corrected chi connectivity index (χ2v) is 9.30. The van der Waals surface area contributed by atoms with Crippen LogP contribution >= 0.6 is 69.6 Å². The molecule has 11 heteroatoms. The Morgan fingerprint density at radius 2 is 1.42 bits per heavy atom. The highest BCUT2D eigenvalue weighted by Gasteiger charge is 2.34. The first-order valence-electron chi connectivity index (χ1n) is 6.80. The van der Waals surface area contributed by atoms with Gasteiger partial charge in [0.25, 0.3) is 10.0 Å². The highest BCUT2D eigenvalue weighted by molar-refractivity contribution is 7.93. The van der Waals surface area contributed by atoms with E-state index in [1.165, 1.54) is 31.2 Å². The molecule has 0 N–H and O–H groups in total. The molecular weight excluding hydrogens is 487 g/mol. The van der Waals surface area contributed by atoms with Crippen molar-refractivity contribution < 1.29 is 13.2 Å². The van der Waals surface area contributed by atoms with Crippen molar-refractivity contribution in [3.8, 4) is 0 Å². The number of hydrogen-bond acceptors (Lipinski definition) is 3. The lowest BCUT2D eigenvalue weighted by Gasteiger charge is -2.29. The maximum absolute atomic E-state index is 13.2. The molecule has 0 aliphatic heterocycles. The number of carbonyl (C=O) groups is 1. The average Bonchev–Trinajstić information content (AvgIpc) is 2.54. The van der Waals surface area contributed by atoms with Gasteiger partial charge in [-0.1, -0.05) is 58.0 Å². The molecule has 0 heterocycles. The SMILES string of the molecule is CC(C(=O)Cl)N(c1cc(Cl)c(Cl)cc1Cl)S(=O)(=O)c1ccc(Cl)c(Cl)c1. The zero-order chi connectivity index (χ0) is 19.8. The van der Waals surface area contributed by atoms with E-state index in [1.54, 1.807) is 0 Å². The Morgan fingerprint density at radius 1 is 0.885 bits per heavy atom. The molecule has 26 heavy (non-hydrogen) atoms. The maximum Gasteiger partial charge on any atom is 0.265 e. The van der Waals surface area contributed by atoms with Crippen LogP contribution in [0.1, 0.15) is 6.92 Å². The molecular formula is C15H9Cl6NO3S. The molecule has 2 aromatic carbocycles. The van der Waals surface area contributed by atoms with E-state index in [4.69, 9.17) is 69.6 Å². The molecule has 4 nitrogen and oxygen atoms in total. The van der Waals surface area contributed by atoms with Gasteiger partial charge >= 0.3 is 0 Å². The average molecular weight is 496 g/mol. The Hall–Kier alpha value is -0.400.